The van der Waals surface area contributed by atoms with Crippen molar-refractivity contribution in [2.24, 2.45) is 0 Å². The van der Waals surface area contributed by atoms with Gasteiger partial charge in [0.25, 0.3) is 5.91 Å². The van der Waals surface area contributed by atoms with Crippen molar-refractivity contribution in [3.05, 3.63) is 76.1 Å². The van der Waals surface area contributed by atoms with Crippen LogP contribution in [0.15, 0.2) is 42.5 Å². The number of fused-ring (bicyclic) bond motifs is 1. The van der Waals surface area contributed by atoms with Gasteiger partial charge in [-0.15, -0.1) is 0 Å². The molecular weight excluding hydrogens is 357 g/mol. The molecule has 5 heteroatoms. The van der Waals surface area contributed by atoms with E-state index in [2.05, 4.69) is 5.32 Å². The number of ether oxygens (including phenoxy) is 1. The quantitative estimate of drug-likeness (QED) is 0.797. The number of halogens is 1. The molecule has 0 bridgehead atoms. The summed E-state index contributed by atoms with van der Waals surface area (Å²) in [6, 6.07) is 9.93. The van der Waals surface area contributed by atoms with Crippen molar-refractivity contribution < 1.29 is 18.7 Å². The Morgan fingerprint density at radius 2 is 1.96 bits per heavy atom. The van der Waals surface area contributed by atoms with E-state index in [0.717, 1.165) is 16.7 Å². The SMILES string of the molecule is CC=Cc1c(C)cccc1C(=O)NC1(C(=O)OCC)Cc2ccc(F)cc2C1. The predicted molar refractivity (Wildman–Crippen MR) is 107 cm³/mol. The first-order valence-electron chi connectivity index (χ1n) is 9.39. The van der Waals surface area contributed by atoms with Crippen molar-refractivity contribution in [1.82, 2.24) is 5.32 Å². The van der Waals surface area contributed by atoms with Crippen LogP contribution in [0, 0.1) is 12.7 Å². The first kappa shape index (κ1) is 19.8. The summed E-state index contributed by atoms with van der Waals surface area (Å²) in [6.07, 6.45) is 4.22. The average Bonchev–Trinajstić information content (AvgIpc) is 3.02. The van der Waals surface area contributed by atoms with Gasteiger partial charge in [-0.3, -0.25) is 4.79 Å². The summed E-state index contributed by atoms with van der Waals surface area (Å²) in [5.74, 6) is -1.21. The molecule has 2 aromatic rings. The van der Waals surface area contributed by atoms with Gasteiger partial charge in [-0.05, 0) is 61.2 Å². The Bertz CT molecular complexity index is 951. The Morgan fingerprint density at radius 3 is 2.68 bits per heavy atom. The predicted octanol–water partition coefficient (Wildman–Crippen LogP) is 4.00. The van der Waals surface area contributed by atoms with Gasteiger partial charge in [-0.25, -0.2) is 9.18 Å². The molecule has 1 atom stereocenters. The summed E-state index contributed by atoms with van der Waals surface area (Å²) in [7, 11) is 0. The molecule has 0 spiro atoms. The monoisotopic (exact) mass is 381 g/mol. The first-order valence-corrected chi connectivity index (χ1v) is 9.39. The van der Waals surface area contributed by atoms with E-state index in [1.165, 1.54) is 12.1 Å². The van der Waals surface area contributed by atoms with Gasteiger partial charge in [0, 0.05) is 18.4 Å². The number of nitrogens with one attached hydrogen (secondary N) is 1. The highest BCUT2D eigenvalue weighted by molar-refractivity contribution is 6.01. The zero-order chi connectivity index (χ0) is 20.3. The number of aryl methyl sites for hydroxylation is 1. The fourth-order valence-corrected chi connectivity index (χ4v) is 3.75. The minimum atomic E-state index is -1.24. The van der Waals surface area contributed by atoms with Crippen LogP contribution in [-0.2, 0) is 22.4 Å². The van der Waals surface area contributed by atoms with E-state index in [4.69, 9.17) is 4.74 Å². The van der Waals surface area contributed by atoms with Crippen LogP contribution in [0.1, 0.15) is 46.5 Å². The summed E-state index contributed by atoms with van der Waals surface area (Å²) < 4.78 is 18.9. The molecule has 3 rings (SSSR count). The van der Waals surface area contributed by atoms with Crippen LogP contribution in [0.2, 0.25) is 0 Å². The number of carbonyl (C=O) groups is 2. The summed E-state index contributed by atoms with van der Waals surface area (Å²) in [6.45, 7) is 5.74. The molecule has 1 unspecified atom stereocenters. The Balaban J connectivity index is 1.98. The number of esters is 1. The lowest BCUT2D eigenvalue weighted by Crippen LogP contribution is -2.56. The Kier molecular flexibility index (Phi) is 5.63. The number of hydrogen-bond donors (Lipinski definition) is 1. The lowest BCUT2D eigenvalue weighted by Gasteiger charge is -2.28. The van der Waals surface area contributed by atoms with Gasteiger partial charge in [-0.2, -0.15) is 0 Å². The molecular formula is C23H24FNO3. The van der Waals surface area contributed by atoms with Crippen LogP contribution in [-0.4, -0.2) is 24.0 Å². The molecule has 1 aliphatic rings. The van der Waals surface area contributed by atoms with Gasteiger partial charge in [-0.1, -0.05) is 30.4 Å². The van der Waals surface area contributed by atoms with Crippen LogP contribution < -0.4 is 5.32 Å². The molecule has 0 saturated heterocycles. The number of carbonyl (C=O) groups excluding carboxylic acids is 2. The van der Waals surface area contributed by atoms with Crippen molar-refractivity contribution in [1.29, 1.82) is 0 Å². The fraction of sp³-hybridized carbons (Fsp3) is 0.304. The second kappa shape index (κ2) is 7.97. The van der Waals surface area contributed by atoms with E-state index in [-0.39, 0.29) is 31.2 Å². The second-order valence-corrected chi connectivity index (χ2v) is 7.06. The highest BCUT2D eigenvalue weighted by atomic mass is 19.1. The maximum Gasteiger partial charge on any atom is 0.332 e. The number of amides is 1. The van der Waals surface area contributed by atoms with E-state index in [9.17, 15) is 14.0 Å². The van der Waals surface area contributed by atoms with Crippen LogP contribution in [0.3, 0.4) is 0 Å². The summed E-state index contributed by atoms with van der Waals surface area (Å²) in [5, 5.41) is 2.92. The fourth-order valence-electron chi connectivity index (χ4n) is 3.75. The minimum Gasteiger partial charge on any atom is -0.464 e. The number of hydrogen-bond acceptors (Lipinski definition) is 3. The third kappa shape index (κ3) is 3.70. The van der Waals surface area contributed by atoms with E-state index < -0.39 is 11.5 Å². The second-order valence-electron chi connectivity index (χ2n) is 7.06. The van der Waals surface area contributed by atoms with Crippen molar-refractivity contribution in [3.8, 4) is 0 Å². The standard InChI is InChI=1S/C23H24FNO3/c1-4-7-19-15(3)8-6-9-20(19)21(26)25-23(22(27)28-5-2)13-16-10-11-18(24)12-17(16)14-23/h4,6-12H,5,13-14H2,1-3H3,(H,25,26). The molecule has 0 aromatic heterocycles. The van der Waals surface area contributed by atoms with Crippen molar-refractivity contribution in [3.63, 3.8) is 0 Å². The smallest absolute Gasteiger partial charge is 0.332 e. The molecule has 0 saturated carbocycles. The highest BCUT2D eigenvalue weighted by Gasteiger charge is 2.46. The third-order valence-electron chi connectivity index (χ3n) is 5.07. The first-order chi connectivity index (χ1) is 13.4. The van der Waals surface area contributed by atoms with Gasteiger partial charge in [0.05, 0.1) is 6.61 Å². The molecule has 0 fully saturated rings. The molecule has 2 aromatic carbocycles. The van der Waals surface area contributed by atoms with E-state index in [1.54, 1.807) is 19.1 Å². The van der Waals surface area contributed by atoms with Gasteiger partial charge in [0.2, 0.25) is 0 Å². The minimum absolute atomic E-state index is 0.204. The van der Waals surface area contributed by atoms with Crippen molar-refractivity contribution in [2.75, 3.05) is 6.61 Å². The van der Waals surface area contributed by atoms with Crippen molar-refractivity contribution >= 4 is 18.0 Å². The Hall–Kier alpha value is -2.95. The lowest BCUT2D eigenvalue weighted by molar-refractivity contribution is -0.150. The summed E-state index contributed by atoms with van der Waals surface area (Å²) in [5.41, 5.74) is 2.58. The Morgan fingerprint density at radius 1 is 1.21 bits per heavy atom. The molecule has 0 heterocycles. The maximum absolute atomic E-state index is 13.7. The van der Waals surface area contributed by atoms with Crippen LogP contribution in [0.5, 0.6) is 0 Å². The maximum atomic E-state index is 13.7. The molecule has 0 radical (unpaired) electrons. The van der Waals surface area contributed by atoms with E-state index in [0.29, 0.717) is 11.1 Å². The largest absolute Gasteiger partial charge is 0.464 e. The molecule has 146 valence electrons. The number of rotatable bonds is 5. The summed E-state index contributed by atoms with van der Waals surface area (Å²) >= 11 is 0. The Labute approximate surface area is 164 Å². The topological polar surface area (TPSA) is 55.4 Å². The molecule has 28 heavy (non-hydrogen) atoms. The number of benzene rings is 2. The van der Waals surface area contributed by atoms with Gasteiger partial charge in [0.1, 0.15) is 11.4 Å². The lowest BCUT2D eigenvalue weighted by atomic mass is 9.93. The summed E-state index contributed by atoms with van der Waals surface area (Å²) in [4.78, 5) is 26.0. The van der Waals surface area contributed by atoms with Gasteiger partial charge in [0.15, 0.2) is 0 Å². The van der Waals surface area contributed by atoms with Gasteiger partial charge >= 0.3 is 5.97 Å². The molecule has 1 aliphatic carbocycles. The highest BCUT2D eigenvalue weighted by Crippen LogP contribution is 2.32. The van der Waals surface area contributed by atoms with E-state index >= 15 is 0 Å². The van der Waals surface area contributed by atoms with Crippen molar-refractivity contribution in [2.45, 2.75) is 39.2 Å². The average molecular weight is 381 g/mol. The normalized spacial score (nSPS) is 18.1. The zero-order valence-corrected chi connectivity index (χ0v) is 16.3. The van der Waals surface area contributed by atoms with Crippen LogP contribution >= 0.6 is 0 Å². The van der Waals surface area contributed by atoms with E-state index in [1.807, 2.05) is 38.1 Å². The zero-order valence-electron chi connectivity index (χ0n) is 16.3. The molecule has 1 amide bonds. The third-order valence-corrected chi connectivity index (χ3v) is 5.07. The molecule has 4 nitrogen and oxygen atoms in total. The van der Waals surface area contributed by atoms with Crippen LogP contribution in [0.25, 0.3) is 6.08 Å². The van der Waals surface area contributed by atoms with Crippen LogP contribution in [0.4, 0.5) is 4.39 Å². The van der Waals surface area contributed by atoms with Gasteiger partial charge < -0.3 is 10.1 Å². The molecule has 1 N–H and O–H groups in total. The molecule has 0 aliphatic heterocycles. The number of allylic oxidation sites excluding steroid dienone is 1.